The van der Waals surface area contributed by atoms with E-state index >= 15 is 0 Å². The van der Waals surface area contributed by atoms with Crippen LogP contribution in [0.3, 0.4) is 0 Å². The highest BCUT2D eigenvalue weighted by Gasteiger charge is 2.20. The maximum Gasteiger partial charge on any atom is 0.337 e. The van der Waals surface area contributed by atoms with Gasteiger partial charge in [0, 0.05) is 26.2 Å². The number of carbonyl (C=O) groups is 2. The fourth-order valence-electron chi connectivity index (χ4n) is 3.67. The van der Waals surface area contributed by atoms with Gasteiger partial charge >= 0.3 is 5.97 Å². The van der Waals surface area contributed by atoms with E-state index in [0.29, 0.717) is 22.9 Å². The first-order valence-electron chi connectivity index (χ1n) is 11.1. The third kappa shape index (κ3) is 6.01. The van der Waals surface area contributed by atoms with Crippen molar-refractivity contribution in [2.45, 2.75) is 26.2 Å². The lowest BCUT2D eigenvalue weighted by Gasteiger charge is -2.35. The van der Waals surface area contributed by atoms with Crippen molar-refractivity contribution >= 4 is 23.3 Å². The molecule has 1 aliphatic rings. The summed E-state index contributed by atoms with van der Waals surface area (Å²) in [6.07, 6.45) is 1.07. The molecule has 0 spiro atoms. The molecule has 0 radical (unpaired) electrons. The molecular weight excluding hydrogens is 406 g/mol. The summed E-state index contributed by atoms with van der Waals surface area (Å²) in [6.45, 7) is 7.78. The van der Waals surface area contributed by atoms with Gasteiger partial charge in [-0.2, -0.15) is 0 Å². The molecule has 0 aromatic heterocycles. The highest BCUT2D eigenvalue weighted by Crippen LogP contribution is 2.29. The smallest absolute Gasteiger partial charge is 0.337 e. The molecule has 7 heteroatoms. The van der Waals surface area contributed by atoms with Gasteiger partial charge in [-0.15, -0.1) is 0 Å². The third-order valence-electron chi connectivity index (χ3n) is 5.97. The second kappa shape index (κ2) is 11.0. The SMILES string of the molecule is CC[C@@H](C)c1ccc(OCC(=O)Nc2cc(C(=O)OC)ccc2N2CCN(C)CC2)cc1. The van der Waals surface area contributed by atoms with E-state index in [2.05, 4.69) is 36.0 Å². The average molecular weight is 440 g/mol. The maximum absolute atomic E-state index is 12.7. The van der Waals surface area contributed by atoms with Gasteiger partial charge in [0.05, 0.1) is 24.0 Å². The number of hydrogen-bond acceptors (Lipinski definition) is 6. The van der Waals surface area contributed by atoms with Gasteiger partial charge in [0.25, 0.3) is 5.91 Å². The zero-order valence-electron chi connectivity index (χ0n) is 19.4. The first-order chi connectivity index (χ1) is 15.4. The minimum Gasteiger partial charge on any atom is -0.484 e. The van der Waals surface area contributed by atoms with Gasteiger partial charge in [-0.3, -0.25) is 4.79 Å². The van der Waals surface area contributed by atoms with Gasteiger partial charge in [0.2, 0.25) is 0 Å². The summed E-state index contributed by atoms with van der Waals surface area (Å²) in [7, 11) is 3.43. The lowest BCUT2D eigenvalue weighted by molar-refractivity contribution is -0.118. The van der Waals surface area contributed by atoms with E-state index in [-0.39, 0.29) is 12.5 Å². The van der Waals surface area contributed by atoms with E-state index in [9.17, 15) is 9.59 Å². The molecule has 1 amide bonds. The number of likely N-dealkylation sites (N-methyl/N-ethyl adjacent to an activating group) is 1. The summed E-state index contributed by atoms with van der Waals surface area (Å²) < 4.78 is 10.5. The Kier molecular flexibility index (Phi) is 8.11. The van der Waals surface area contributed by atoms with Crippen LogP contribution in [0.5, 0.6) is 5.75 Å². The van der Waals surface area contributed by atoms with Crippen LogP contribution < -0.4 is 15.0 Å². The van der Waals surface area contributed by atoms with E-state index in [0.717, 1.165) is 38.3 Å². The maximum atomic E-state index is 12.7. The van der Waals surface area contributed by atoms with E-state index in [4.69, 9.17) is 9.47 Å². The Balaban J connectivity index is 1.69. The van der Waals surface area contributed by atoms with Crippen molar-refractivity contribution in [3.05, 3.63) is 53.6 Å². The number of amides is 1. The van der Waals surface area contributed by atoms with Crippen molar-refractivity contribution in [1.82, 2.24) is 4.90 Å². The predicted octanol–water partition coefficient (Wildman–Crippen LogP) is 3.76. The number of methoxy groups -OCH3 is 1. The zero-order chi connectivity index (χ0) is 23.1. The Morgan fingerprint density at radius 2 is 1.75 bits per heavy atom. The number of rotatable bonds is 8. The normalized spacial score (nSPS) is 15.2. The van der Waals surface area contributed by atoms with Crippen LogP contribution in [0.25, 0.3) is 0 Å². The van der Waals surface area contributed by atoms with E-state index in [1.807, 2.05) is 30.3 Å². The summed E-state index contributed by atoms with van der Waals surface area (Å²) >= 11 is 0. The average Bonchev–Trinajstić information content (AvgIpc) is 2.82. The van der Waals surface area contributed by atoms with Crippen LogP contribution in [-0.2, 0) is 9.53 Å². The predicted molar refractivity (Wildman–Crippen MR) is 127 cm³/mol. The van der Waals surface area contributed by atoms with E-state index in [1.165, 1.54) is 12.7 Å². The molecule has 0 unspecified atom stereocenters. The number of carbonyl (C=O) groups excluding carboxylic acids is 2. The lowest BCUT2D eigenvalue weighted by atomic mass is 9.99. The molecule has 0 bridgehead atoms. The van der Waals surface area contributed by atoms with Crippen LogP contribution in [0.2, 0.25) is 0 Å². The largest absolute Gasteiger partial charge is 0.484 e. The molecule has 1 heterocycles. The Hall–Kier alpha value is -3.06. The zero-order valence-corrected chi connectivity index (χ0v) is 19.4. The van der Waals surface area contributed by atoms with Crippen LogP contribution in [0.15, 0.2) is 42.5 Å². The molecule has 2 aromatic rings. The van der Waals surface area contributed by atoms with Crippen molar-refractivity contribution in [2.24, 2.45) is 0 Å². The molecule has 172 valence electrons. The van der Waals surface area contributed by atoms with Crippen molar-refractivity contribution < 1.29 is 19.1 Å². The fourth-order valence-corrected chi connectivity index (χ4v) is 3.67. The fraction of sp³-hybridized carbons (Fsp3) is 0.440. The van der Waals surface area contributed by atoms with Crippen LogP contribution in [0.1, 0.15) is 42.1 Å². The molecule has 32 heavy (non-hydrogen) atoms. The number of hydrogen-bond donors (Lipinski definition) is 1. The Morgan fingerprint density at radius 1 is 1.06 bits per heavy atom. The molecule has 1 saturated heterocycles. The number of esters is 1. The van der Waals surface area contributed by atoms with Gasteiger partial charge in [-0.25, -0.2) is 4.79 Å². The summed E-state index contributed by atoms with van der Waals surface area (Å²) in [6, 6.07) is 13.1. The molecule has 1 N–H and O–H groups in total. The number of nitrogens with zero attached hydrogens (tertiary/aromatic N) is 2. The Labute approximate surface area is 190 Å². The molecule has 2 aromatic carbocycles. The molecule has 1 atom stereocenters. The van der Waals surface area contributed by atoms with Crippen molar-refractivity contribution in [2.75, 3.05) is 57.2 Å². The number of ether oxygens (including phenoxy) is 2. The van der Waals surface area contributed by atoms with E-state index < -0.39 is 5.97 Å². The van der Waals surface area contributed by atoms with Crippen LogP contribution in [0, 0.1) is 0 Å². The second-order valence-corrected chi connectivity index (χ2v) is 8.23. The molecule has 1 fully saturated rings. The number of benzene rings is 2. The van der Waals surface area contributed by atoms with Crippen molar-refractivity contribution in [3.8, 4) is 5.75 Å². The van der Waals surface area contributed by atoms with E-state index in [1.54, 1.807) is 12.1 Å². The molecule has 3 rings (SSSR count). The first-order valence-corrected chi connectivity index (χ1v) is 11.1. The minimum absolute atomic E-state index is 0.118. The highest BCUT2D eigenvalue weighted by molar-refractivity contribution is 5.98. The van der Waals surface area contributed by atoms with Gasteiger partial charge < -0.3 is 24.6 Å². The number of piperazine rings is 1. The van der Waals surface area contributed by atoms with Gasteiger partial charge in [-0.05, 0) is 55.3 Å². The molecule has 0 saturated carbocycles. The second-order valence-electron chi connectivity index (χ2n) is 8.23. The number of anilines is 2. The van der Waals surface area contributed by atoms with Crippen molar-refractivity contribution in [1.29, 1.82) is 0 Å². The number of nitrogens with one attached hydrogen (secondary N) is 1. The Morgan fingerprint density at radius 3 is 2.38 bits per heavy atom. The summed E-state index contributed by atoms with van der Waals surface area (Å²) in [4.78, 5) is 29.2. The van der Waals surface area contributed by atoms with Crippen LogP contribution >= 0.6 is 0 Å². The summed E-state index contributed by atoms with van der Waals surface area (Å²) in [5, 5.41) is 2.92. The topological polar surface area (TPSA) is 71.1 Å². The van der Waals surface area contributed by atoms with Gasteiger partial charge in [0.1, 0.15) is 5.75 Å². The molecule has 1 aliphatic heterocycles. The third-order valence-corrected chi connectivity index (χ3v) is 5.97. The van der Waals surface area contributed by atoms with Crippen molar-refractivity contribution in [3.63, 3.8) is 0 Å². The van der Waals surface area contributed by atoms with Gasteiger partial charge in [-0.1, -0.05) is 26.0 Å². The van der Waals surface area contributed by atoms with Crippen LogP contribution in [-0.4, -0.2) is 63.7 Å². The quantitative estimate of drug-likeness (QED) is 0.632. The Bertz CT molecular complexity index is 921. The standard InChI is InChI=1S/C25H33N3O4/c1-5-18(2)19-6-9-21(10-7-19)32-17-24(29)26-22-16-20(25(30)31-4)8-11-23(22)28-14-12-27(3)13-15-28/h6-11,16,18H,5,12-15,17H2,1-4H3,(H,26,29)/t18-/m1/s1. The molecular formula is C25H33N3O4. The van der Waals surface area contributed by atoms with Gasteiger partial charge in [0.15, 0.2) is 6.61 Å². The monoisotopic (exact) mass is 439 g/mol. The minimum atomic E-state index is -0.442. The summed E-state index contributed by atoms with van der Waals surface area (Å²) in [5.41, 5.74) is 3.11. The first kappa shape index (κ1) is 23.6. The lowest BCUT2D eigenvalue weighted by Crippen LogP contribution is -2.44. The van der Waals surface area contributed by atoms with Crippen LogP contribution in [0.4, 0.5) is 11.4 Å². The molecule has 0 aliphatic carbocycles. The summed E-state index contributed by atoms with van der Waals surface area (Å²) in [5.74, 6) is 0.411. The highest BCUT2D eigenvalue weighted by atomic mass is 16.5. The molecule has 7 nitrogen and oxygen atoms in total.